The molecule has 2 nitrogen and oxygen atoms in total. The molecule has 0 bridgehead atoms. The van der Waals surface area contributed by atoms with Gasteiger partial charge in [0.15, 0.2) is 0 Å². The lowest BCUT2D eigenvalue weighted by molar-refractivity contribution is 0.155. The highest BCUT2D eigenvalue weighted by Gasteiger charge is 2.22. The van der Waals surface area contributed by atoms with Crippen LogP contribution in [0, 0.1) is 0 Å². The molecule has 0 aliphatic heterocycles. The summed E-state index contributed by atoms with van der Waals surface area (Å²) in [4.78, 5) is 2.43. The van der Waals surface area contributed by atoms with Gasteiger partial charge in [-0.25, -0.2) is 0 Å². The van der Waals surface area contributed by atoms with Crippen LogP contribution in [-0.4, -0.2) is 24.5 Å². The lowest BCUT2D eigenvalue weighted by atomic mass is 9.91. The third-order valence-corrected chi connectivity index (χ3v) is 4.14. The summed E-state index contributed by atoms with van der Waals surface area (Å²) in [5.74, 6) is 0. The molecule has 0 aromatic heterocycles. The van der Waals surface area contributed by atoms with Gasteiger partial charge < -0.3 is 10.6 Å². The van der Waals surface area contributed by atoms with Crippen LogP contribution in [-0.2, 0) is 0 Å². The maximum atomic E-state index is 6.19. The summed E-state index contributed by atoms with van der Waals surface area (Å²) >= 11 is 6.14. The molecular weight excluding hydrogens is 232 g/mol. The Kier molecular flexibility index (Phi) is 4.43. The minimum Gasteiger partial charge on any atom is -0.324 e. The van der Waals surface area contributed by atoms with Gasteiger partial charge in [-0.3, -0.25) is 0 Å². The molecule has 0 spiro atoms. The number of rotatable bonds is 5. The Morgan fingerprint density at radius 3 is 2.71 bits per heavy atom. The molecule has 2 N–H and O–H groups in total. The van der Waals surface area contributed by atoms with Crippen LogP contribution in [0.3, 0.4) is 0 Å². The molecule has 1 atom stereocenters. The summed E-state index contributed by atoms with van der Waals surface area (Å²) in [7, 11) is 2.20. The Morgan fingerprint density at radius 2 is 2.12 bits per heavy atom. The number of hydrogen-bond acceptors (Lipinski definition) is 2. The van der Waals surface area contributed by atoms with Crippen LogP contribution in [0.5, 0.6) is 0 Å². The van der Waals surface area contributed by atoms with E-state index in [1.54, 1.807) is 0 Å². The van der Waals surface area contributed by atoms with Gasteiger partial charge >= 0.3 is 0 Å². The van der Waals surface area contributed by atoms with Crippen molar-refractivity contribution in [2.24, 2.45) is 5.73 Å². The molecule has 3 heteroatoms. The van der Waals surface area contributed by atoms with Crippen molar-refractivity contribution >= 4 is 11.6 Å². The predicted octanol–water partition coefficient (Wildman–Crippen LogP) is 3.21. The Bertz CT molecular complexity index is 363. The molecule has 1 aromatic carbocycles. The lowest BCUT2D eigenvalue weighted by Crippen LogP contribution is -2.38. The summed E-state index contributed by atoms with van der Waals surface area (Å²) in [6.07, 6.45) is 5.04. The zero-order valence-corrected chi connectivity index (χ0v) is 11.2. The van der Waals surface area contributed by atoms with E-state index in [1.807, 2.05) is 24.3 Å². The van der Waals surface area contributed by atoms with E-state index in [0.717, 1.165) is 29.6 Å². The van der Waals surface area contributed by atoms with E-state index >= 15 is 0 Å². The van der Waals surface area contributed by atoms with Crippen molar-refractivity contribution in [3.8, 4) is 0 Å². The topological polar surface area (TPSA) is 29.3 Å². The molecule has 1 aliphatic carbocycles. The van der Waals surface area contributed by atoms with Crippen LogP contribution in [0.4, 0.5) is 0 Å². The molecule has 1 unspecified atom stereocenters. The molecule has 1 aliphatic rings. The molecule has 0 amide bonds. The van der Waals surface area contributed by atoms with Crippen molar-refractivity contribution in [3.05, 3.63) is 34.9 Å². The largest absolute Gasteiger partial charge is 0.324 e. The molecule has 0 radical (unpaired) electrons. The van der Waals surface area contributed by atoms with Crippen LogP contribution < -0.4 is 5.73 Å². The maximum absolute atomic E-state index is 6.19. The molecule has 17 heavy (non-hydrogen) atoms. The Balaban J connectivity index is 1.84. The zero-order valence-electron chi connectivity index (χ0n) is 10.4. The predicted molar refractivity (Wildman–Crippen MR) is 73.3 cm³/mol. The summed E-state index contributed by atoms with van der Waals surface area (Å²) in [5, 5.41) is 0.784. The first-order valence-electron chi connectivity index (χ1n) is 6.38. The summed E-state index contributed by atoms with van der Waals surface area (Å²) < 4.78 is 0. The Labute approximate surface area is 109 Å². The van der Waals surface area contributed by atoms with Gasteiger partial charge in [-0.15, -0.1) is 0 Å². The van der Waals surface area contributed by atoms with Gasteiger partial charge in [-0.2, -0.15) is 0 Å². The van der Waals surface area contributed by atoms with Gasteiger partial charge in [-0.05, 0) is 44.5 Å². The first kappa shape index (κ1) is 12.9. The van der Waals surface area contributed by atoms with Crippen LogP contribution >= 0.6 is 11.6 Å². The van der Waals surface area contributed by atoms with Gasteiger partial charge in [0, 0.05) is 17.1 Å². The van der Waals surface area contributed by atoms with Crippen molar-refractivity contribution in [1.82, 2.24) is 4.90 Å². The quantitative estimate of drug-likeness (QED) is 0.872. The fourth-order valence-electron chi connectivity index (χ4n) is 2.28. The molecule has 0 heterocycles. The van der Waals surface area contributed by atoms with Gasteiger partial charge in [-0.1, -0.05) is 36.2 Å². The molecule has 0 saturated heterocycles. The van der Waals surface area contributed by atoms with Crippen molar-refractivity contribution in [2.75, 3.05) is 13.6 Å². The third kappa shape index (κ3) is 3.21. The van der Waals surface area contributed by atoms with E-state index in [4.69, 9.17) is 17.3 Å². The van der Waals surface area contributed by atoms with Gasteiger partial charge in [0.1, 0.15) is 0 Å². The SMILES string of the molecule is CN(CCC(N)c1ccccc1Cl)C1CCC1. The summed E-state index contributed by atoms with van der Waals surface area (Å²) in [6.45, 7) is 1.05. The van der Waals surface area contributed by atoms with Crippen molar-refractivity contribution in [2.45, 2.75) is 37.8 Å². The highest BCUT2D eigenvalue weighted by molar-refractivity contribution is 6.31. The van der Waals surface area contributed by atoms with Crippen LogP contribution in [0.1, 0.15) is 37.3 Å². The highest BCUT2D eigenvalue weighted by atomic mass is 35.5. The molecule has 1 fully saturated rings. The van der Waals surface area contributed by atoms with Crippen LogP contribution in [0.15, 0.2) is 24.3 Å². The molecular formula is C14H21ClN2. The van der Waals surface area contributed by atoms with E-state index in [2.05, 4.69) is 11.9 Å². The highest BCUT2D eigenvalue weighted by Crippen LogP contribution is 2.26. The van der Waals surface area contributed by atoms with Crippen LogP contribution in [0.2, 0.25) is 5.02 Å². The zero-order chi connectivity index (χ0) is 12.3. The van der Waals surface area contributed by atoms with Crippen LogP contribution in [0.25, 0.3) is 0 Å². The van der Waals surface area contributed by atoms with Crippen molar-refractivity contribution < 1.29 is 0 Å². The standard InChI is InChI=1S/C14H21ClN2/c1-17(11-5-4-6-11)10-9-14(16)12-7-2-3-8-13(12)15/h2-3,7-8,11,14H,4-6,9-10,16H2,1H3. The normalized spacial score (nSPS) is 18.1. The van der Waals surface area contributed by atoms with E-state index in [-0.39, 0.29) is 6.04 Å². The number of halogens is 1. The average molecular weight is 253 g/mol. The van der Waals surface area contributed by atoms with Crippen molar-refractivity contribution in [1.29, 1.82) is 0 Å². The second-order valence-electron chi connectivity index (χ2n) is 4.98. The second kappa shape index (κ2) is 5.85. The van der Waals surface area contributed by atoms with Gasteiger partial charge in [0.25, 0.3) is 0 Å². The van der Waals surface area contributed by atoms with Gasteiger partial charge in [0.2, 0.25) is 0 Å². The van der Waals surface area contributed by atoms with E-state index < -0.39 is 0 Å². The molecule has 1 aromatic rings. The third-order valence-electron chi connectivity index (χ3n) is 3.80. The summed E-state index contributed by atoms with van der Waals surface area (Å²) in [5.41, 5.74) is 7.26. The minimum atomic E-state index is 0.0474. The number of hydrogen-bond donors (Lipinski definition) is 1. The Morgan fingerprint density at radius 1 is 1.41 bits per heavy atom. The minimum absolute atomic E-state index is 0.0474. The fourth-order valence-corrected chi connectivity index (χ4v) is 2.56. The van der Waals surface area contributed by atoms with Gasteiger partial charge in [0.05, 0.1) is 0 Å². The van der Waals surface area contributed by atoms with E-state index in [0.29, 0.717) is 0 Å². The monoisotopic (exact) mass is 252 g/mol. The molecule has 2 rings (SSSR count). The first-order chi connectivity index (χ1) is 8.18. The van der Waals surface area contributed by atoms with E-state index in [9.17, 15) is 0 Å². The second-order valence-corrected chi connectivity index (χ2v) is 5.39. The molecule has 1 saturated carbocycles. The maximum Gasteiger partial charge on any atom is 0.0453 e. The fraction of sp³-hybridized carbons (Fsp3) is 0.571. The number of nitrogens with zero attached hydrogens (tertiary/aromatic N) is 1. The van der Waals surface area contributed by atoms with E-state index in [1.165, 1.54) is 19.3 Å². The number of nitrogens with two attached hydrogens (primary N) is 1. The smallest absolute Gasteiger partial charge is 0.0453 e. The average Bonchev–Trinajstić information content (AvgIpc) is 2.24. The van der Waals surface area contributed by atoms with Crippen molar-refractivity contribution in [3.63, 3.8) is 0 Å². The Hall–Kier alpha value is -0.570. The lowest BCUT2D eigenvalue weighted by Gasteiger charge is -2.35. The number of benzene rings is 1. The summed E-state index contributed by atoms with van der Waals surface area (Å²) in [6, 6.07) is 8.71. The first-order valence-corrected chi connectivity index (χ1v) is 6.76. The molecule has 94 valence electrons.